The second kappa shape index (κ2) is 13.8. The smallest absolute Gasteiger partial charge is 0.164 e. The third kappa shape index (κ3) is 5.46. The summed E-state index contributed by atoms with van der Waals surface area (Å²) < 4.78 is 12.6. The highest BCUT2D eigenvalue weighted by Gasteiger charge is 2.46. The Labute approximate surface area is 362 Å². The molecule has 13 rings (SSSR count). The van der Waals surface area contributed by atoms with Gasteiger partial charge in [-0.2, -0.15) is 0 Å². The van der Waals surface area contributed by atoms with Crippen LogP contribution >= 0.6 is 0 Å². The fraction of sp³-hybridized carbons (Fsp3) is 0.0172. The van der Waals surface area contributed by atoms with Crippen LogP contribution < -0.4 is 0 Å². The van der Waals surface area contributed by atoms with Gasteiger partial charge in [-0.05, 0) is 87.0 Å². The Balaban J connectivity index is 0.934. The number of aromatic nitrogens is 3. The van der Waals surface area contributed by atoms with Crippen LogP contribution in [0.25, 0.3) is 100 Å². The molecule has 3 aromatic heterocycles. The Hall–Kier alpha value is -8.41. The quantitative estimate of drug-likeness (QED) is 0.167. The largest absolute Gasteiger partial charge is 0.456 e. The number of furan rings is 2. The normalized spacial score (nSPS) is 12.9. The molecule has 0 spiro atoms. The Morgan fingerprint density at radius 2 is 0.778 bits per heavy atom. The van der Waals surface area contributed by atoms with Crippen LogP contribution in [0.5, 0.6) is 0 Å². The van der Waals surface area contributed by atoms with Crippen LogP contribution in [0.15, 0.2) is 221 Å². The van der Waals surface area contributed by atoms with E-state index in [-0.39, 0.29) is 0 Å². The van der Waals surface area contributed by atoms with E-state index >= 15 is 0 Å². The Morgan fingerprint density at radius 3 is 1.49 bits per heavy atom. The van der Waals surface area contributed by atoms with Crippen LogP contribution in [0.2, 0.25) is 0 Å². The van der Waals surface area contributed by atoms with Crippen molar-refractivity contribution in [1.29, 1.82) is 0 Å². The molecular formula is C58H35N3O2. The third-order valence-electron chi connectivity index (χ3n) is 12.8. The zero-order chi connectivity index (χ0) is 41.5. The van der Waals surface area contributed by atoms with Crippen molar-refractivity contribution in [2.75, 3.05) is 0 Å². The van der Waals surface area contributed by atoms with E-state index in [4.69, 9.17) is 23.8 Å². The molecule has 0 atom stereocenters. The first-order valence-corrected chi connectivity index (χ1v) is 21.2. The van der Waals surface area contributed by atoms with Crippen molar-refractivity contribution in [1.82, 2.24) is 15.0 Å². The van der Waals surface area contributed by atoms with Crippen molar-refractivity contribution in [3.8, 4) is 56.4 Å². The molecule has 63 heavy (non-hydrogen) atoms. The lowest BCUT2D eigenvalue weighted by Gasteiger charge is -2.34. The molecule has 0 unspecified atom stereocenters. The second-order valence-corrected chi connectivity index (χ2v) is 16.3. The van der Waals surface area contributed by atoms with Gasteiger partial charge >= 0.3 is 0 Å². The Morgan fingerprint density at radius 1 is 0.286 bits per heavy atom. The lowest BCUT2D eigenvalue weighted by atomic mass is 9.67. The van der Waals surface area contributed by atoms with Gasteiger partial charge in [-0.25, -0.2) is 15.0 Å². The number of fused-ring (bicyclic) bond motifs is 9. The van der Waals surface area contributed by atoms with E-state index in [0.29, 0.717) is 17.5 Å². The zero-order valence-corrected chi connectivity index (χ0v) is 33.9. The summed E-state index contributed by atoms with van der Waals surface area (Å²) in [5.41, 5.74) is 15.2. The molecule has 294 valence electrons. The maximum atomic E-state index is 6.32. The summed E-state index contributed by atoms with van der Waals surface area (Å²) in [4.78, 5) is 15.2. The van der Waals surface area contributed by atoms with E-state index < -0.39 is 5.41 Å². The summed E-state index contributed by atoms with van der Waals surface area (Å²) >= 11 is 0. The van der Waals surface area contributed by atoms with Crippen molar-refractivity contribution in [3.05, 3.63) is 235 Å². The number of para-hydroxylation sites is 2. The average molecular weight is 806 g/mol. The SMILES string of the molecule is c1ccc(-c2nc(-c3cccc(-c4ccc(C5(c6ccc7oc8ccccc8c7c6)c6ccccc6-c6ccccc65)cc4)c3)nc(-c3ccc4c(c3)oc3ccccc34)n2)cc1. The zero-order valence-electron chi connectivity index (χ0n) is 33.9. The predicted octanol–water partition coefficient (Wildman–Crippen LogP) is 14.7. The topological polar surface area (TPSA) is 65.0 Å². The van der Waals surface area contributed by atoms with Crippen molar-refractivity contribution >= 4 is 43.9 Å². The maximum Gasteiger partial charge on any atom is 0.164 e. The molecule has 0 N–H and O–H groups in total. The summed E-state index contributed by atoms with van der Waals surface area (Å²) in [6, 6.07) is 74.8. The third-order valence-corrected chi connectivity index (χ3v) is 12.8. The molecule has 1 aliphatic rings. The fourth-order valence-corrected chi connectivity index (χ4v) is 9.95. The summed E-state index contributed by atoms with van der Waals surface area (Å²) in [7, 11) is 0. The highest BCUT2D eigenvalue weighted by atomic mass is 16.3. The second-order valence-electron chi connectivity index (χ2n) is 16.3. The number of nitrogens with zero attached hydrogens (tertiary/aromatic N) is 3. The molecule has 5 heteroatoms. The van der Waals surface area contributed by atoms with E-state index in [2.05, 4.69) is 146 Å². The first-order valence-electron chi connectivity index (χ1n) is 21.2. The van der Waals surface area contributed by atoms with Crippen molar-refractivity contribution in [3.63, 3.8) is 0 Å². The molecule has 12 aromatic rings. The summed E-state index contributed by atoms with van der Waals surface area (Å²) in [5, 5.41) is 4.38. The highest BCUT2D eigenvalue weighted by molar-refractivity contribution is 6.06. The monoisotopic (exact) mass is 805 g/mol. The van der Waals surface area contributed by atoms with Crippen LogP contribution in [0, 0.1) is 0 Å². The van der Waals surface area contributed by atoms with Gasteiger partial charge in [-0.15, -0.1) is 0 Å². The number of hydrogen-bond donors (Lipinski definition) is 0. The van der Waals surface area contributed by atoms with Gasteiger partial charge in [-0.1, -0.05) is 170 Å². The Kier molecular flexibility index (Phi) is 7.75. The predicted molar refractivity (Wildman–Crippen MR) is 253 cm³/mol. The Bertz CT molecular complexity index is 3710. The minimum Gasteiger partial charge on any atom is -0.456 e. The van der Waals surface area contributed by atoms with Gasteiger partial charge in [0.05, 0.1) is 5.41 Å². The van der Waals surface area contributed by atoms with Gasteiger partial charge in [-0.3, -0.25) is 0 Å². The lowest BCUT2D eigenvalue weighted by molar-refractivity contribution is 0.668. The molecule has 9 aromatic carbocycles. The number of rotatable bonds is 6. The first-order chi connectivity index (χ1) is 31.2. The van der Waals surface area contributed by atoms with Crippen LogP contribution in [0.4, 0.5) is 0 Å². The van der Waals surface area contributed by atoms with Crippen molar-refractivity contribution < 1.29 is 8.83 Å². The summed E-state index contributed by atoms with van der Waals surface area (Å²) in [6.45, 7) is 0. The molecule has 0 aliphatic heterocycles. The minimum absolute atomic E-state index is 0.555. The fourth-order valence-electron chi connectivity index (χ4n) is 9.95. The molecule has 0 saturated carbocycles. The van der Waals surface area contributed by atoms with E-state index in [1.165, 1.54) is 33.4 Å². The van der Waals surface area contributed by atoms with Gasteiger partial charge in [0.15, 0.2) is 17.5 Å². The van der Waals surface area contributed by atoms with E-state index in [0.717, 1.165) is 71.7 Å². The maximum absolute atomic E-state index is 6.32. The first kappa shape index (κ1) is 35.4. The molecule has 0 saturated heterocycles. The van der Waals surface area contributed by atoms with Gasteiger partial charge in [0.1, 0.15) is 22.3 Å². The number of hydrogen-bond acceptors (Lipinski definition) is 5. The van der Waals surface area contributed by atoms with Crippen LogP contribution in [0.1, 0.15) is 22.3 Å². The lowest BCUT2D eigenvalue weighted by Crippen LogP contribution is -2.28. The molecule has 0 bridgehead atoms. The van der Waals surface area contributed by atoms with Gasteiger partial charge in [0, 0.05) is 38.2 Å². The minimum atomic E-state index is -0.555. The van der Waals surface area contributed by atoms with Crippen LogP contribution in [0.3, 0.4) is 0 Å². The van der Waals surface area contributed by atoms with Crippen molar-refractivity contribution in [2.45, 2.75) is 5.41 Å². The standard InChI is InChI=1S/C58H35N3O2/c1-2-13-37(14-3-1)55-59-56(61-57(60-55)40-27-31-47-45-19-6-10-23-51(45)63-54(47)34-40)39-16-12-15-38(33-39)36-25-28-41(29-26-36)58(49-21-8-4-17-43(49)44-18-5-9-22-50(44)58)42-30-32-53-48(35-42)46-20-7-11-24-52(46)62-53/h1-35H. The molecule has 0 amide bonds. The van der Waals surface area contributed by atoms with E-state index in [1.54, 1.807) is 0 Å². The van der Waals surface area contributed by atoms with Crippen molar-refractivity contribution in [2.24, 2.45) is 0 Å². The molecule has 3 heterocycles. The van der Waals surface area contributed by atoms with Crippen LogP contribution in [-0.4, -0.2) is 15.0 Å². The summed E-state index contributed by atoms with van der Waals surface area (Å²) in [5.74, 6) is 1.79. The summed E-state index contributed by atoms with van der Waals surface area (Å²) in [6.07, 6.45) is 0. The molecule has 0 radical (unpaired) electrons. The van der Waals surface area contributed by atoms with Gasteiger partial charge < -0.3 is 8.83 Å². The van der Waals surface area contributed by atoms with E-state index in [9.17, 15) is 0 Å². The van der Waals surface area contributed by atoms with Gasteiger partial charge in [0.25, 0.3) is 0 Å². The highest BCUT2D eigenvalue weighted by Crippen LogP contribution is 2.56. The van der Waals surface area contributed by atoms with Gasteiger partial charge in [0.2, 0.25) is 0 Å². The molecule has 1 aliphatic carbocycles. The van der Waals surface area contributed by atoms with Crippen LogP contribution in [-0.2, 0) is 5.41 Å². The molecule has 5 nitrogen and oxygen atoms in total. The van der Waals surface area contributed by atoms with E-state index in [1.807, 2.05) is 66.7 Å². The average Bonchev–Trinajstić information content (AvgIpc) is 4.02. The molecule has 0 fully saturated rings. The molecular weight excluding hydrogens is 771 g/mol. The number of benzene rings is 9.